The third-order valence-corrected chi connectivity index (χ3v) is 7.81. The van der Waals surface area contributed by atoms with E-state index in [1.807, 2.05) is 34.6 Å². The molecule has 1 atom stereocenters. The van der Waals surface area contributed by atoms with Gasteiger partial charge >= 0.3 is 11.9 Å². The van der Waals surface area contributed by atoms with E-state index in [0.717, 1.165) is 86.5 Å². The standard InChI is InChI=1S/C37H58O4/c1-11-16-34(38)40-36-30(8)31(9)37(41-35(39)17-12-2)33(32(36)10)25-24-29(7)23-15-22-28(6)21-14-20-27(5)19-13-18-26(3)4/h18,20,22,29H,11-17,19,21,23-25H2,1-10H3/b27-20+,28-22+/t29-/m0/s1. The van der Waals surface area contributed by atoms with Gasteiger partial charge < -0.3 is 9.47 Å². The normalized spacial score (nSPS) is 12.7. The average molecular weight is 567 g/mol. The summed E-state index contributed by atoms with van der Waals surface area (Å²) in [6, 6.07) is 0. The van der Waals surface area contributed by atoms with Crippen molar-refractivity contribution in [2.75, 3.05) is 0 Å². The van der Waals surface area contributed by atoms with Crippen LogP contribution in [0, 0.1) is 26.7 Å². The van der Waals surface area contributed by atoms with Crippen LogP contribution < -0.4 is 9.47 Å². The minimum atomic E-state index is -0.218. The number of carbonyl (C=O) groups is 2. The number of ether oxygens (including phenoxy) is 2. The first kappa shape index (κ1) is 36.4. The summed E-state index contributed by atoms with van der Waals surface area (Å²) in [5.41, 5.74) is 7.96. The molecule has 0 spiro atoms. The summed E-state index contributed by atoms with van der Waals surface area (Å²) in [6.45, 7) is 20.9. The van der Waals surface area contributed by atoms with Gasteiger partial charge in [0.2, 0.25) is 0 Å². The number of hydrogen-bond acceptors (Lipinski definition) is 4. The molecule has 1 rings (SSSR count). The van der Waals surface area contributed by atoms with Gasteiger partial charge in [0.1, 0.15) is 11.5 Å². The van der Waals surface area contributed by atoms with Gasteiger partial charge in [-0.15, -0.1) is 0 Å². The highest BCUT2D eigenvalue weighted by Gasteiger charge is 2.23. The van der Waals surface area contributed by atoms with Gasteiger partial charge in [0.15, 0.2) is 0 Å². The van der Waals surface area contributed by atoms with Crippen LogP contribution in [0.2, 0.25) is 0 Å². The third-order valence-electron chi connectivity index (χ3n) is 7.81. The zero-order chi connectivity index (χ0) is 30.9. The lowest BCUT2D eigenvalue weighted by atomic mass is 9.90. The molecule has 230 valence electrons. The molecule has 41 heavy (non-hydrogen) atoms. The molecule has 0 radical (unpaired) electrons. The highest BCUT2D eigenvalue weighted by molar-refractivity contribution is 5.76. The van der Waals surface area contributed by atoms with Crippen LogP contribution in [-0.4, -0.2) is 11.9 Å². The summed E-state index contributed by atoms with van der Waals surface area (Å²) in [5.74, 6) is 1.37. The summed E-state index contributed by atoms with van der Waals surface area (Å²) in [6.07, 6.45) is 17.8. The Hall–Kier alpha value is -2.62. The molecule has 0 aliphatic rings. The maximum absolute atomic E-state index is 12.5. The van der Waals surface area contributed by atoms with E-state index in [2.05, 4.69) is 52.8 Å². The first-order chi connectivity index (χ1) is 19.4. The lowest BCUT2D eigenvalue weighted by molar-refractivity contribution is -0.135. The second-order valence-corrected chi connectivity index (χ2v) is 12.1. The van der Waals surface area contributed by atoms with Gasteiger partial charge in [-0.2, -0.15) is 0 Å². The minimum absolute atomic E-state index is 0.210. The van der Waals surface area contributed by atoms with Crippen LogP contribution in [0.4, 0.5) is 0 Å². The lowest BCUT2D eigenvalue weighted by Crippen LogP contribution is -2.15. The Morgan fingerprint density at radius 2 is 1.15 bits per heavy atom. The van der Waals surface area contributed by atoms with Crippen LogP contribution in [0.3, 0.4) is 0 Å². The summed E-state index contributed by atoms with van der Waals surface area (Å²) in [5, 5.41) is 0. The summed E-state index contributed by atoms with van der Waals surface area (Å²) in [4.78, 5) is 24.9. The van der Waals surface area contributed by atoms with E-state index in [-0.39, 0.29) is 11.9 Å². The zero-order valence-electron chi connectivity index (χ0n) is 27.9. The second kappa shape index (κ2) is 19.5. The highest BCUT2D eigenvalue weighted by Crippen LogP contribution is 2.39. The number of hydrogen-bond donors (Lipinski definition) is 0. The van der Waals surface area contributed by atoms with Gasteiger partial charge in [0.25, 0.3) is 0 Å². The Morgan fingerprint density at radius 3 is 1.68 bits per heavy atom. The average Bonchev–Trinajstić information content (AvgIpc) is 2.89. The van der Waals surface area contributed by atoms with E-state index >= 15 is 0 Å². The molecular weight excluding hydrogens is 508 g/mol. The molecule has 0 N–H and O–H groups in total. The van der Waals surface area contributed by atoms with Crippen LogP contribution in [0.25, 0.3) is 0 Å². The number of benzene rings is 1. The summed E-state index contributed by atoms with van der Waals surface area (Å²) in [7, 11) is 0. The monoisotopic (exact) mass is 566 g/mol. The maximum Gasteiger partial charge on any atom is 0.311 e. The Kier molecular flexibility index (Phi) is 17.3. The van der Waals surface area contributed by atoms with Gasteiger partial charge in [0, 0.05) is 18.4 Å². The maximum atomic E-state index is 12.5. The molecule has 1 aromatic carbocycles. The van der Waals surface area contributed by atoms with Gasteiger partial charge in [-0.25, -0.2) is 0 Å². The van der Waals surface area contributed by atoms with Crippen molar-refractivity contribution in [2.24, 2.45) is 5.92 Å². The quantitative estimate of drug-likeness (QED) is 0.101. The fourth-order valence-electron chi connectivity index (χ4n) is 4.97. The van der Waals surface area contributed by atoms with E-state index in [4.69, 9.17) is 9.47 Å². The largest absolute Gasteiger partial charge is 0.426 e. The molecular formula is C37H58O4. The molecule has 0 heterocycles. The van der Waals surface area contributed by atoms with Gasteiger partial charge in [-0.05, 0) is 135 Å². The van der Waals surface area contributed by atoms with E-state index in [1.54, 1.807) is 0 Å². The zero-order valence-corrected chi connectivity index (χ0v) is 27.9. The first-order valence-corrected chi connectivity index (χ1v) is 15.9. The Morgan fingerprint density at radius 1 is 0.659 bits per heavy atom. The van der Waals surface area contributed by atoms with Crippen molar-refractivity contribution in [3.8, 4) is 11.5 Å². The molecule has 0 aromatic heterocycles. The predicted octanol–water partition coefficient (Wildman–Crippen LogP) is 10.8. The van der Waals surface area contributed by atoms with Crippen molar-refractivity contribution in [1.82, 2.24) is 0 Å². The molecule has 4 nitrogen and oxygen atoms in total. The first-order valence-electron chi connectivity index (χ1n) is 15.9. The highest BCUT2D eigenvalue weighted by atomic mass is 16.5. The van der Waals surface area contributed by atoms with Crippen LogP contribution >= 0.6 is 0 Å². The molecule has 0 bridgehead atoms. The number of allylic oxidation sites excluding steroid dienone is 6. The topological polar surface area (TPSA) is 52.6 Å². The molecule has 4 heteroatoms. The van der Waals surface area contributed by atoms with Gasteiger partial charge in [-0.3, -0.25) is 9.59 Å². The molecule has 1 aromatic rings. The second-order valence-electron chi connectivity index (χ2n) is 12.1. The number of rotatable bonds is 18. The predicted molar refractivity (Wildman–Crippen MR) is 174 cm³/mol. The smallest absolute Gasteiger partial charge is 0.311 e. The van der Waals surface area contributed by atoms with Crippen molar-refractivity contribution >= 4 is 11.9 Å². The Bertz CT molecular complexity index is 1080. The van der Waals surface area contributed by atoms with Crippen LogP contribution in [0.5, 0.6) is 11.5 Å². The Labute approximate surface area is 251 Å². The molecule has 0 fully saturated rings. The van der Waals surface area contributed by atoms with Gasteiger partial charge in [0.05, 0.1) is 0 Å². The Balaban J connectivity index is 2.87. The summed E-state index contributed by atoms with van der Waals surface area (Å²) >= 11 is 0. The lowest BCUT2D eigenvalue weighted by Gasteiger charge is -2.22. The number of carbonyl (C=O) groups excluding carboxylic acids is 2. The molecule has 0 amide bonds. The van der Waals surface area contributed by atoms with Crippen molar-refractivity contribution in [1.29, 1.82) is 0 Å². The van der Waals surface area contributed by atoms with E-state index < -0.39 is 0 Å². The third kappa shape index (κ3) is 13.7. The molecule has 0 aliphatic carbocycles. The molecule has 0 unspecified atom stereocenters. The fraction of sp³-hybridized carbons (Fsp3) is 0.622. The van der Waals surface area contributed by atoms with Crippen molar-refractivity contribution in [2.45, 2.75) is 146 Å². The van der Waals surface area contributed by atoms with E-state index in [1.165, 1.54) is 16.7 Å². The van der Waals surface area contributed by atoms with E-state index in [0.29, 0.717) is 30.3 Å². The van der Waals surface area contributed by atoms with Crippen molar-refractivity contribution < 1.29 is 19.1 Å². The SMILES string of the molecule is CCCC(=O)Oc1c(C)c(C)c(OC(=O)CCC)c(CC[C@@H](C)CC/C=C(\C)CC/C=C(\C)CCC=C(C)C)c1C. The molecule has 0 saturated heterocycles. The van der Waals surface area contributed by atoms with Crippen LogP contribution in [0.1, 0.15) is 141 Å². The fourth-order valence-corrected chi connectivity index (χ4v) is 4.97. The van der Waals surface area contributed by atoms with Crippen molar-refractivity contribution in [3.05, 3.63) is 57.2 Å². The van der Waals surface area contributed by atoms with Crippen LogP contribution in [-0.2, 0) is 16.0 Å². The molecule has 0 aliphatic heterocycles. The van der Waals surface area contributed by atoms with Gasteiger partial charge in [-0.1, -0.05) is 55.7 Å². The van der Waals surface area contributed by atoms with Crippen molar-refractivity contribution in [3.63, 3.8) is 0 Å². The molecule has 0 saturated carbocycles. The van der Waals surface area contributed by atoms with E-state index in [9.17, 15) is 9.59 Å². The number of esters is 2. The summed E-state index contributed by atoms with van der Waals surface area (Å²) < 4.78 is 11.7. The minimum Gasteiger partial charge on any atom is -0.426 e. The van der Waals surface area contributed by atoms with Crippen LogP contribution in [0.15, 0.2) is 34.9 Å².